The van der Waals surface area contributed by atoms with Crippen molar-refractivity contribution in [2.75, 3.05) is 0 Å². The van der Waals surface area contributed by atoms with Gasteiger partial charge in [0.2, 0.25) is 0 Å². The van der Waals surface area contributed by atoms with Gasteiger partial charge in [-0.05, 0) is 55.3 Å². The van der Waals surface area contributed by atoms with E-state index in [4.69, 9.17) is 4.74 Å². The van der Waals surface area contributed by atoms with Gasteiger partial charge < -0.3 is 14.7 Å². The van der Waals surface area contributed by atoms with Crippen LogP contribution in [0.4, 0.5) is 0 Å². The Kier molecular flexibility index (Phi) is 5.98. The molecule has 4 rings (SSSR count). The molecule has 1 saturated heterocycles. The van der Waals surface area contributed by atoms with Gasteiger partial charge in [0.25, 0.3) is 11.7 Å². The van der Waals surface area contributed by atoms with Gasteiger partial charge >= 0.3 is 0 Å². The molecule has 1 fully saturated rings. The van der Waals surface area contributed by atoms with Crippen LogP contribution in [0.2, 0.25) is 0 Å². The van der Waals surface area contributed by atoms with E-state index in [1.165, 1.54) is 4.90 Å². The molecule has 162 valence electrons. The number of ketones is 1. The number of aromatic nitrogens is 2. The molecular formula is C25H23N3O4. The molecule has 1 aliphatic heterocycles. The fourth-order valence-corrected chi connectivity index (χ4v) is 3.76. The number of carbonyl (C=O) groups excluding carboxylic acids is 2. The van der Waals surface area contributed by atoms with Crippen LogP contribution in [0.25, 0.3) is 5.76 Å². The Morgan fingerprint density at radius 1 is 1.06 bits per heavy atom. The molecule has 1 amide bonds. The molecule has 0 bridgehead atoms. The molecule has 32 heavy (non-hydrogen) atoms. The molecule has 1 aliphatic rings. The van der Waals surface area contributed by atoms with E-state index in [2.05, 4.69) is 9.97 Å². The van der Waals surface area contributed by atoms with E-state index < -0.39 is 17.7 Å². The minimum absolute atomic E-state index is 0.0266. The molecule has 0 aliphatic carbocycles. The quantitative estimate of drug-likeness (QED) is 0.363. The summed E-state index contributed by atoms with van der Waals surface area (Å²) in [5, 5.41) is 11.2. The minimum Gasteiger partial charge on any atom is -0.507 e. The fourth-order valence-electron chi connectivity index (χ4n) is 3.76. The highest BCUT2D eigenvalue weighted by molar-refractivity contribution is 6.46. The maximum Gasteiger partial charge on any atom is 0.295 e. The second-order valence-electron chi connectivity index (χ2n) is 7.76. The summed E-state index contributed by atoms with van der Waals surface area (Å²) in [6, 6.07) is 13.2. The van der Waals surface area contributed by atoms with Crippen LogP contribution in [0, 0.1) is 0 Å². The maximum atomic E-state index is 13.1. The highest BCUT2D eigenvalue weighted by atomic mass is 16.5. The Labute approximate surface area is 186 Å². The molecule has 0 saturated carbocycles. The van der Waals surface area contributed by atoms with Gasteiger partial charge in [0.05, 0.1) is 17.7 Å². The number of Topliss-reactive ketones (excluding diaryl/α,β-unsaturated/α-hetero) is 1. The van der Waals surface area contributed by atoms with Crippen LogP contribution in [0.1, 0.15) is 36.6 Å². The number of aliphatic hydroxyl groups excluding tert-OH is 1. The summed E-state index contributed by atoms with van der Waals surface area (Å²) in [4.78, 5) is 35.7. The second-order valence-corrected chi connectivity index (χ2v) is 7.76. The topological polar surface area (TPSA) is 92.6 Å². The van der Waals surface area contributed by atoms with Crippen LogP contribution in [-0.4, -0.2) is 37.8 Å². The van der Waals surface area contributed by atoms with E-state index in [0.717, 1.165) is 5.56 Å². The average Bonchev–Trinajstić information content (AvgIpc) is 3.04. The Balaban J connectivity index is 1.82. The number of hydrogen-bond acceptors (Lipinski definition) is 6. The number of amides is 1. The molecule has 1 atom stereocenters. The van der Waals surface area contributed by atoms with Gasteiger partial charge in [0, 0.05) is 36.9 Å². The van der Waals surface area contributed by atoms with Crippen molar-refractivity contribution in [1.29, 1.82) is 0 Å². The first-order chi connectivity index (χ1) is 15.5. The van der Waals surface area contributed by atoms with Crippen molar-refractivity contribution < 1.29 is 19.4 Å². The van der Waals surface area contributed by atoms with Crippen LogP contribution < -0.4 is 4.74 Å². The molecule has 7 heteroatoms. The second kappa shape index (κ2) is 9.01. The monoisotopic (exact) mass is 429 g/mol. The van der Waals surface area contributed by atoms with Gasteiger partial charge in [0.15, 0.2) is 0 Å². The number of rotatable bonds is 6. The zero-order valence-electron chi connectivity index (χ0n) is 17.8. The van der Waals surface area contributed by atoms with Crippen molar-refractivity contribution >= 4 is 17.4 Å². The first-order valence-corrected chi connectivity index (χ1v) is 10.3. The predicted molar refractivity (Wildman–Crippen MR) is 119 cm³/mol. The summed E-state index contributed by atoms with van der Waals surface area (Å²) in [6.07, 6.45) is 6.43. The largest absolute Gasteiger partial charge is 0.507 e. The van der Waals surface area contributed by atoms with Gasteiger partial charge in [0.1, 0.15) is 11.5 Å². The van der Waals surface area contributed by atoms with E-state index in [9.17, 15) is 14.7 Å². The van der Waals surface area contributed by atoms with Gasteiger partial charge in [-0.15, -0.1) is 0 Å². The van der Waals surface area contributed by atoms with Crippen molar-refractivity contribution in [3.05, 3.63) is 95.6 Å². The summed E-state index contributed by atoms with van der Waals surface area (Å²) in [6.45, 7) is 4.00. The van der Waals surface area contributed by atoms with Gasteiger partial charge in [-0.25, -0.2) is 0 Å². The number of aliphatic hydroxyl groups is 1. The first kappa shape index (κ1) is 21.2. The van der Waals surface area contributed by atoms with E-state index in [1.54, 1.807) is 73.3 Å². The molecule has 0 radical (unpaired) electrons. The van der Waals surface area contributed by atoms with Gasteiger partial charge in [-0.1, -0.05) is 18.2 Å². The number of nitrogens with zero attached hydrogens (tertiary/aromatic N) is 3. The van der Waals surface area contributed by atoms with E-state index >= 15 is 0 Å². The number of benzene rings is 1. The Morgan fingerprint density at radius 3 is 2.53 bits per heavy atom. The lowest BCUT2D eigenvalue weighted by Crippen LogP contribution is -2.29. The van der Waals surface area contributed by atoms with Crippen LogP contribution in [0.3, 0.4) is 0 Å². The lowest BCUT2D eigenvalue weighted by atomic mass is 9.96. The molecule has 2 aromatic heterocycles. The SMILES string of the molecule is CC(C)Oc1cccc(/C(O)=C2/C(=O)C(=O)N(Cc3ccncc3)C2c2cccnc2)c1. The number of pyridine rings is 2. The molecule has 1 unspecified atom stereocenters. The summed E-state index contributed by atoms with van der Waals surface area (Å²) >= 11 is 0. The number of carbonyl (C=O) groups is 2. The summed E-state index contributed by atoms with van der Waals surface area (Å²) in [5.41, 5.74) is 1.89. The van der Waals surface area contributed by atoms with Crippen molar-refractivity contribution in [3.63, 3.8) is 0 Å². The highest BCUT2D eigenvalue weighted by Gasteiger charge is 2.46. The molecule has 7 nitrogen and oxygen atoms in total. The standard InChI is InChI=1S/C25H23N3O4/c1-16(2)32-20-7-3-5-18(13-20)23(29)21-22(19-6-4-10-27-14-19)28(25(31)24(21)30)15-17-8-11-26-12-9-17/h3-14,16,22,29H,15H2,1-2H3/b23-21-. The van der Waals surface area contributed by atoms with Crippen molar-refractivity contribution in [2.45, 2.75) is 32.5 Å². The summed E-state index contributed by atoms with van der Waals surface area (Å²) in [5.74, 6) is -1.09. The Morgan fingerprint density at radius 2 is 1.84 bits per heavy atom. The zero-order valence-corrected chi connectivity index (χ0v) is 17.8. The van der Waals surface area contributed by atoms with E-state index in [-0.39, 0.29) is 24.0 Å². The lowest BCUT2D eigenvalue weighted by Gasteiger charge is -2.25. The predicted octanol–water partition coefficient (Wildman–Crippen LogP) is 3.89. The van der Waals surface area contributed by atoms with E-state index in [1.807, 2.05) is 13.8 Å². The third kappa shape index (κ3) is 4.23. The highest BCUT2D eigenvalue weighted by Crippen LogP contribution is 2.40. The minimum atomic E-state index is -0.772. The maximum absolute atomic E-state index is 13.1. The van der Waals surface area contributed by atoms with Crippen LogP contribution in [-0.2, 0) is 16.1 Å². The van der Waals surface area contributed by atoms with Crippen molar-refractivity contribution in [1.82, 2.24) is 14.9 Å². The number of likely N-dealkylation sites (tertiary alicyclic amines) is 1. The smallest absolute Gasteiger partial charge is 0.295 e. The van der Waals surface area contributed by atoms with Crippen LogP contribution >= 0.6 is 0 Å². The summed E-state index contributed by atoms with van der Waals surface area (Å²) in [7, 11) is 0. The van der Waals surface area contributed by atoms with Crippen molar-refractivity contribution in [2.24, 2.45) is 0 Å². The Hall–Kier alpha value is -4.00. The molecule has 3 heterocycles. The third-order valence-electron chi connectivity index (χ3n) is 5.12. The molecule has 3 aromatic rings. The zero-order chi connectivity index (χ0) is 22.7. The molecular weight excluding hydrogens is 406 g/mol. The fraction of sp³-hybridized carbons (Fsp3) is 0.200. The van der Waals surface area contributed by atoms with Gasteiger partial charge in [-0.2, -0.15) is 0 Å². The molecule has 1 aromatic carbocycles. The molecule has 0 spiro atoms. The van der Waals surface area contributed by atoms with Crippen LogP contribution in [0.5, 0.6) is 5.75 Å². The Bertz CT molecular complexity index is 1160. The van der Waals surface area contributed by atoms with Gasteiger partial charge in [-0.3, -0.25) is 19.6 Å². The molecule has 1 N–H and O–H groups in total. The number of ether oxygens (including phenoxy) is 1. The van der Waals surface area contributed by atoms with Crippen LogP contribution in [0.15, 0.2) is 78.9 Å². The number of hydrogen-bond donors (Lipinski definition) is 1. The first-order valence-electron chi connectivity index (χ1n) is 10.3. The average molecular weight is 429 g/mol. The lowest BCUT2D eigenvalue weighted by molar-refractivity contribution is -0.140. The van der Waals surface area contributed by atoms with Crippen molar-refractivity contribution in [3.8, 4) is 5.75 Å². The third-order valence-corrected chi connectivity index (χ3v) is 5.12. The van der Waals surface area contributed by atoms with E-state index in [0.29, 0.717) is 16.9 Å². The normalized spacial score (nSPS) is 17.7. The summed E-state index contributed by atoms with van der Waals surface area (Å²) < 4.78 is 5.72.